The maximum atomic E-state index is 14.0. The van der Waals surface area contributed by atoms with E-state index >= 15 is 0 Å². The number of rotatable bonds is 8. The van der Waals surface area contributed by atoms with Gasteiger partial charge in [0, 0.05) is 37.2 Å². The molecule has 5 rings (SSSR count). The van der Waals surface area contributed by atoms with Crippen molar-refractivity contribution >= 4 is 17.8 Å². The van der Waals surface area contributed by atoms with Gasteiger partial charge in [0.25, 0.3) is 5.91 Å². The van der Waals surface area contributed by atoms with Gasteiger partial charge in [-0.15, -0.1) is 0 Å². The topological polar surface area (TPSA) is 92.7 Å². The molecule has 1 saturated carbocycles. The van der Waals surface area contributed by atoms with Crippen LogP contribution in [0.15, 0.2) is 60.7 Å². The number of carbonyl (C=O) groups excluding carboxylic acids is 3. The van der Waals surface area contributed by atoms with Gasteiger partial charge in [0.1, 0.15) is 11.3 Å². The van der Waals surface area contributed by atoms with Gasteiger partial charge in [-0.1, -0.05) is 74.0 Å². The molecule has 2 heterocycles. The zero-order chi connectivity index (χ0) is 28.2. The molecule has 1 aliphatic carbocycles. The van der Waals surface area contributed by atoms with Gasteiger partial charge in [-0.2, -0.15) is 0 Å². The zero-order valence-electron chi connectivity index (χ0n) is 23.4. The van der Waals surface area contributed by atoms with E-state index in [1.165, 1.54) is 5.56 Å². The summed E-state index contributed by atoms with van der Waals surface area (Å²) in [4.78, 5) is 53.4. The van der Waals surface area contributed by atoms with Crippen molar-refractivity contribution in [2.24, 2.45) is 5.92 Å². The first-order chi connectivity index (χ1) is 19.4. The molecular formula is C32H36N4O4. The van der Waals surface area contributed by atoms with Crippen molar-refractivity contribution in [1.29, 1.82) is 0 Å². The second kappa shape index (κ2) is 12.0. The van der Waals surface area contributed by atoms with E-state index in [0.29, 0.717) is 37.6 Å². The quantitative estimate of drug-likeness (QED) is 0.383. The fourth-order valence-electron chi connectivity index (χ4n) is 5.58. The molecule has 1 saturated heterocycles. The van der Waals surface area contributed by atoms with Crippen molar-refractivity contribution in [3.63, 3.8) is 0 Å². The minimum Gasteiger partial charge on any atom is -0.462 e. The Bertz CT molecular complexity index is 1380. The van der Waals surface area contributed by atoms with Crippen LogP contribution >= 0.6 is 0 Å². The van der Waals surface area contributed by atoms with Crippen LogP contribution in [0.4, 0.5) is 0 Å². The number of ether oxygens (including phenoxy) is 1. The molecule has 2 amide bonds. The number of amides is 2. The molecule has 0 spiro atoms. The predicted molar refractivity (Wildman–Crippen MR) is 152 cm³/mol. The number of hydrogen-bond acceptors (Lipinski definition) is 6. The second-order valence-electron chi connectivity index (χ2n) is 10.5. The van der Waals surface area contributed by atoms with Gasteiger partial charge in [0.05, 0.1) is 12.3 Å². The zero-order valence-corrected chi connectivity index (χ0v) is 23.4. The van der Waals surface area contributed by atoms with Crippen LogP contribution in [0.3, 0.4) is 0 Å². The van der Waals surface area contributed by atoms with Crippen LogP contribution in [-0.4, -0.2) is 69.8 Å². The maximum absolute atomic E-state index is 14.0. The molecule has 3 aromatic rings. The van der Waals surface area contributed by atoms with E-state index in [1.807, 2.05) is 67.3 Å². The Kier molecular flexibility index (Phi) is 8.24. The lowest BCUT2D eigenvalue weighted by Gasteiger charge is -2.40. The molecular weight excluding hydrogens is 504 g/mol. The molecule has 2 aromatic carbocycles. The van der Waals surface area contributed by atoms with Crippen molar-refractivity contribution in [3.05, 3.63) is 83.2 Å². The SMILES string of the molecule is CCCc1nc(-c2ccccc2)nc(C(=O)N2CCN(C(=O)C3CC3c3ccccc3)C(C)C2)c1C(=O)OCC. The van der Waals surface area contributed by atoms with Crippen molar-refractivity contribution in [2.45, 2.75) is 52.0 Å². The molecule has 0 bridgehead atoms. The van der Waals surface area contributed by atoms with Gasteiger partial charge < -0.3 is 14.5 Å². The van der Waals surface area contributed by atoms with E-state index in [-0.39, 0.29) is 47.6 Å². The number of aryl methyl sites for hydroxylation is 1. The van der Waals surface area contributed by atoms with Crippen LogP contribution in [-0.2, 0) is 16.0 Å². The Hall–Kier alpha value is -4.07. The number of nitrogens with zero attached hydrogens (tertiary/aromatic N) is 4. The molecule has 8 nitrogen and oxygen atoms in total. The number of hydrogen-bond donors (Lipinski definition) is 0. The first-order valence-electron chi connectivity index (χ1n) is 14.2. The lowest BCUT2D eigenvalue weighted by molar-refractivity contribution is -0.136. The summed E-state index contributed by atoms with van der Waals surface area (Å²) in [6.07, 6.45) is 2.12. The Morgan fingerprint density at radius 1 is 0.950 bits per heavy atom. The largest absolute Gasteiger partial charge is 0.462 e. The Balaban J connectivity index is 1.39. The van der Waals surface area contributed by atoms with Gasteiger partial charge in [0.2, 0.25) is 5.91 Å². The van der Waals surface area contributed by atoms with Crippen molar-refractivity contribution in [1.82, 2.24) is 19.8 Å². The van der Waals surface area contributed by atoms with Crippen LogP contribution in [0.1, 0.15) is 71.6 Å². The molecule has 40 heavy (non-hydrogen) atoms. The van der Waals surface area contributed by atoms with Crippen LogP contribution in [0, 0.1) is 5.92 Å². The summed E-state index contributed by atoms with van der Waals surface area (Å²) >= 11 is 0. The van der Waals surface area contributed by atoms with Gasteiger partial charge in [-0.3, -0.25) is 9.59 Å². The third kappa shape index (κ3) is 5.62. The highest BCUT2D eigenvalue weighted by molar-refractivity contribution is 6.05. The summed E-state index contributed by atoms with van der Waals surface area (Å²) in [5, 5.41) is 0. The van der Waals surface area contributed by atoms with Gasteiger partial charge in [0.15, 0.2) is 5.82 Å². The standard InChI is InChI=1S/C32H36N4O4/c1-4-12-26-27(32(39)40-5-2)28(34-29(33-26)23-15-10-7-11-16-23)31(38)35-17-18-36(21(3)20-35)30(37)25-19-24(25)22-13-8-6-9-14-22/h6-11,13-16,21,24-25H,4-5,12,17-20H2,1-3H3. The average molecular weight is 541 g/mol. The molecule has 8 heteroatoms. The van der Waals surface area contributed by atoms with Crippen LogP contribution in [0.25, 0.3) is 11.4 Å². The smallest absolute Gasteiger partial charge is 0.342 e. The van der Waals surface area contributed by atoms with Gasteiger partial charge in [-0.05, 0) is 38.2 Å². The normalized spacial score (nSPS) is 20.2. The first kappa shape index (κ1) is 27.5. The highest BCUT2D eigenvalue weighted by Gasteiger charge is 2.47. The minimum atomic E-state index is -0.587. The second-order valence-corrected chi connectivity index (χ2v) is 10.5. The fraction of sp³-hybridized carbons (Fsp3) is 0.406. The first-order valence-corrected chi connectivity index (χ1v) is 14.2. The van der Waals surface area contributed by atoms with E-state index in [2.05, 4.69) is 17.1 Å². The molecule has 208 valence electrons. The van der Waals surface area contributed by atoms with Crippen LogP contribution in [0.2, 0.25) is 0 Å². The molecule has 3 atom stereocenters. The third-order valence-electron chi connectivity index (χ3n) is 7.72. The van der Waals surface area contributed by atoms with E-state index in [4.69, 9.17) is 9.72 Å². The summed E-state index contributed by atoms with van der Waals surface area (Å²) in [6.45, 7) is 7.07. The Morgan fingerprint density at radius 3 is 2.30 bits per heavy atom. The Labute approximate surface area is 235 Å². The monoisotopic (exact) mass is 540 g/mol. The van der Waals surface area contributed by atoms with E-state index in [1.54, 1.807) is 11.8 Å². The number of aromatic nitrogens is 2. The van der Waals surface area contributed by atoms with E-state index in [9.17, 15) is 14.4 Å². The highest BCUT2D eigenvalue weighted by Crippen LogP contribution is 2.48. The number of benzene rings is 2. The van der Waals surface area contributed by atoms with Crippen molar-refractivity contribution in [2.75, 3.05) is 26.2 Å². The summed E-state index contributed by atoms with van der Waals surface area (Å²) in [6, 6.07) is 19.5. The van der Waals surface area contributed by atoms with Crippen LogP contribution in [0.5, 0.6) is 0 Å². The van der Waals surface area contributed by atoms with E-state index < -0.39 is 5.97 Å². The van der Waals surface area contributed by atoms with Gasteiger partial charge in [-0.25, -0.2) is 14.8 Å². The molecule has 1 aromatic heterocycles. The van der Waals surface area contributed by atoms with Crippen molar-refractivity contribution in [3.8, 4) is 11.4 Å². The number of piperazine rings is 1. The van der Waals surface area contributed by atoms with Gasteiger partial charge >= 0.3 is 5.97 Å². The molecule has 2 aliphatic rings. The molecule has 3 unspecified atom stereocenters. The van der Waals surface area contributed by atoms with Crippen molar-refractivity contribution < 1.29 is 19.1 Å². The summed E-state index contributed by atoms with van der Waals surface area (Å²) < 4.78 is 5.35. The van der Waals surface area contributed by atoms with Crippen LogP contribution < -0.4 is 0 Å². The lowest BCUT2D eigenvalue weighted by atomic mass is 10.0. The number of esters is 1. The molecule has 2 fully saturated rings. The average Bonchev–Trinajstić information content (AvgIpc) is 3.78. The molecule has 0 N–H and O–H groups in total. The Morgan fingerprint density at radius 2 is 1.65 bits per heavy atom. The predicted octanol–water partition coefficient (Wildman–Crippen LogP) is 4.75. The minimum absolute atomic E-state index is 0.00517. The molecule has 0 radical (unpaired) electrons. The van der Waals surface area contributed by atoms with E-state index in [0.717, 1.165) is 18.4 Å². The molecule has 1 aliphatic heterocycles. The summed E-state index contributed by atoms with van der Waals surface area (Å²) in [5.41, 5.74) is 2.69. The fourth-order valence-corrected chi connectivity index (χ4v) is 5.58. The third-order valence-corrected chi connectivity index (χ3v) is 7.72. The lowest BCUT2D eigenvalue weighted by Crippen LogP contribution is -2.56. The summed E-state index contributed by atoms with van der Waals surface area (Å²) in [7, 11) is 0. The number of carbonyl (C=O) groups is 3. The summed E-state index contributed by atoms with van der Waals surface area (Å²) in [5.74, 6) is -0.109. The maximum Gasteiger partial charge on any atom is 0.342 e. The highest BCUT2D eigenvalue weighted by atomic mass is 16.5.